The van der Waals surface area contributed by atoms with E-state index in [1.54, 1.807) is 0 Å². The van der Waals surface area contributed by atoms with Gasteiger partial charge < -0.3 is 10.2 Å². The second kappa shape index (κ2) is 3.03. The van der Waals surface area contributed by atoms with Crippen LogP contribution in [0.15, 0.2) is 12.4 Å². The SMILES string of the molecule is CC1(C)CN(c2cn[nH]c2)CCN1. The first-order valence-electron chi connectivity index (χ1n) is 4.66. The van der Waals surface area contributed by atoms with Gasteiger partial charge in [0.05, 0.1) is 11.9 Å². The van der Waals surface area contributed by atoms with E-state index in [2.05, 4.69) is 34.3 Å². The largest absolute Gasteiger partial charge is 0.366 e. The average Bonchev–Trinajstić information content (AvgIpc) is 2.53. The monoisotopic (exact) mass is 180 g/mol. The Hall–Kier alpha value is -1.03. The molecule has 0 aromatic carbocycles. The first-order valence-corrected chi connectivity index (χ1v) is 4.66. The highest BCUT2D eigenvalue weighted by Gasteiger charge is 2.25. The number of aromatic amines is 1. The van der Waals surface area contributed by atoms with Crippen LogP contribution in [-0.4, -0.2) is 35.4 Å². The molecule has 4 heteroatoms. The van der Waals surface area contributed by atoms with E-state index >= 15 is 0 Å². The molecule has 0 spiro atoms. The molecule has 1 aliphatic heterocycles. The van der Waals surface area contributed by atoms with Crippen molar-refractivity contribution < 1.29 is 0 Å². The van der Waals surface area contributed by atoms with Crippen molar-refractivity contribution in [2.75, 3.05) is 24.5 Å². The zero-order chi connectivity index (χ0) is 9.31. The van der Waals surface area contributed by atoms with Crippen LogP contribution in [0.1, 0.15) is 13.8 Å². The van der Waals surface area contributed by atoms with E-state index < -0.39 is 0 Å². The molecule has 2 heterocycles. The summed E-state index contributed by atoms with van der Waals surface area (Å²) in [4.78, 5) is 2.35. The number of piperazine rings is 1. The molecule has 1 aromatic rings. The second-order valence-electron chi connectivity index (χ2n) is 4.19. The van der Waals surface area contributed by atoms with Crippen LogP contribution in [0.5, 0.6) is 0 Å². The molecular formula is C9H16N4. The Morgan fingerprint density at radius 2 is 2.38 bits per heavy atom. The van der Waals surface area contributed by atoms with Gasteiger partial charge >= 0.3 is 0 Å². The summed E-state index contributed by atoms with van der Waals surface area (Å²) in [5.74, 6) is 0. The van der Waals surface area contributed by atoms with Gasteiger partial charge in [-0.05, 0) is 13.8 Å². The first-order chi connectivity index (χ1) is 6.17. The Balaban J connectivity index is 2.09. The Bertz CT molecular complexity index is 265. The molecule has 0 amide bonds. The van der Waals surface area contributed by atoms with E-state index in [1.807, 2.05) is 12.4 Å². The summed E-state index contributed by atoms with van der Waals surface area (Å²) in [6.45, 7) is 7.58. The Labute approximate surface area is 78.3 Å². The topological polar surface area (TPSA) is 44.0 Å². The van der Waals surface area contributed by atoms with Gasteiger partial charge in [-0.25, -0.2) is 0 Å². The lowest BCUT2D eigenvalue weighted by atomic mass is 10.0. The average molecular weight is 180 g/mol. The third-order valence-corrected chi connectivity index (χ3v) is 2.42. The minimum atomic E-state index is 0.204. The van der Waals surface area contributed by atoms with E-state index in [4.69, 9.17) is 0 Å². The van der Waals surface area contributed by atoms with Crippen LogP contribution in [0.2, 0.25) is 0 Å². The van der Waals surface area contributed by atoms with Crippen LogP contribution >= 0.6 is 0 Å². The minimum Gasteiger partial charge on any atom is -0.366 e. The van der Waals surface area contributed by atoms with Gasteiger partial charge in [0.1, 0.15) is 0 Å². The summed E-state index contributed by atoms with van der Waals surface area (Å²) < 4.78 is 0. The zero-order valence-corrected chi connectivity index (χ0v) is 8.17. The zero-order valence-electron chi connectivity index (χ0n) is 8.17. The van der Waals surface area contributed by atoms with Crippen LogP contribution in [0.3, 0.4) is 0 Å². The van der Waals surface area contributed by atoms with Crippen molar-refractivity contribution in [2.45, 2.75) is 19.4 Å². The van der Waals surface area contributed by atoms with Gasteiger partial charge in [0, 0.05) is 31.4 Å². The van der Waals surface area contributed by atoms with Gasteiger partial charge in [-0.3, -0.25) is 5.10 Å². The minimum absolute atomic E-state index is 0.204. The summed E-state index contributed by atoms with van der Waals surface area (Å²) >= 11 is 0. The molecular weight excluding hydrogens is 164 g/mol. The molecule has 0 bridgehead atoms. The summed E-state index contributed by atoms with van der Waals surface area (Å²) in [7, 11) is 0. The quantitative estimate of drug-likeness (QED) is 0.665. The molecule has 2 rings (SSSR count). The number of rotatable bonds is 1. The van der Waals surface area contributed by atoms with Gasteiger partial charge in [0.25, 0.3) is 0 Å². The van der Waals surface area contributed by atoms with Crippen molar-refractivity contribution in [3.63, 3.8) is 0 Å². The van der Waals surface area contributed by atoms with Crippen molar-refractivity contribution in [3.05, 3.63) is 12.4 Å². The molecule has 13 heavy (non-hydrogen) atoms. The van der Waals surface area contributed by atoms with Crippen molar-refractivity contribution in [3.8, 4) is 0 Å². The van der Waals surface area contributed by atoms with E-state index in [0.717, 1.165) is 19.6 Å². The third-order valence-electron chi connectivity index (χ3n) is 2.42. The summed E-state index contributed by atoms with van der Waals surface area (Å²) in [6, 6.07) is 0. The number of hydrogen-bond acceptors (Lipinski definition) is 3. The highest BCUT2D eigenvalue weighted by Crippen LogP contribution is 2.17. The van der Waals surface area contributed by atoms with E-state index in [0.29, 0.717) is 0 Å². The summed E-state index contributed by atoms with van der Waals surface area (Å²) in [6.07, 6.45) is 3.82. The lowest BCUT2D eigenvalue weighted by Gasteiger charge is -2.39. The Morgan fingerprint density at radius 3 is 3.00 bits per heavy atom. The molecule has 1 saturated heterocycles. The van der Waals surface area contributed by atoms with Gasteiger partial charge in [0.2, 0.25) is 0 Å². The van der Waals surface area contributed by atoms with Crippen LogP contribution in [0.4, 0.5) is 5.69 Å². The number of nitrogens with one attached hydrogen (secondary N) is 2. The number of nitrogens with zero attached hydrogens (tertiary/aromatic N) is 2. The number of H-pyrrole nitrogens is 1. The normalized spacial score (nSPS) is 21.8. The number of anilines is 1. The highest BCUT2D eigenvalue weighted by atomic mass is 15.2. The maximum absolute atomic E-state index is 3.96. The molecule has 2 N–H and O–H groups in total. The van der Waals surface area contributed by atoms with Gasteiger partial charge in [-0.15, -0.1) is 0 Å². The van der Waals surface area contributed by atoms with Gasteiger partial charge in [-0.1, -0.05) is 0 Å². The van der Waals surface area contributed by atoms with Crippen LogP contribution in [0, 0.1) is 0 Å². The Kier molecular flexibility index (Phi) is 2.00. The predicted octanol–water partition coefficient (Wildman–Crippen LogP) is 0.598. The molecule has 0 radical (unpaired) electrons. The predicted molar refractivity (Wildman–Crippen MR) is 52.9 cm³/mol. The maximum atomic E-state index is 3.96. The first kappa shape index (κ1) is 8.56. The van der Waals surface area contributed by atoms with Crippen LogP contribution in [-0.2, 0) is 0 Å². The molecule has 1 fully saturated rings. The van der Waals surface area contributed by atoms with Crippen molar-refractivity contribution in [1.82, 2.24) is 15.5 Å². The maximum Gasteiger partial charge on any atom is 0.0750 e. The molecule has 0 unspecified atom stereocenters. The fourth-order valence-electron chi connectivity index (χ4n) is 1.78. The number of hydrogen-bond donors (Lipinski definition) is 2. The molecule has 0 atom stereocenters. The lowest BCUT2D eigenvalue weighted by molar-refractivity contribution is 0.353. The molecule has 4 nitrogen and oxygen atoms in total. The molecule has 1 aromatic heterocycles. The summed E-state index contributed by atoms with van der Waals surface area (Å²) in [5.41, 5.74) is 1.39. The summed E-state index contributed by atoms with van der Waals surface area (Å²) in [5, 5.41) is 10.3. The smallest absolute Gasteiger partial charge is 0.0750 e. The molecule has 1 aliphatic rings. The third kappa shape index (κ3) is 1.83. The van der Waals surface area contributed by atoms with Crippen molar-refractivity contribution in [1.29, 1.82) is 0 Å². The lowest BCUT2D eigenvalue weighted by Crippen LogP contribution is -2.57. The van der Waals surface area contributed by atoms with E-state index in [9.17, 15) is 0 Å². The van der Waals surface area contributed by atoms with Gasteiger partial charge in [0.15, 0.2) is 0 Å². The van der Waals surface area contributed by atoms with Gasteiger partial charge in [-0.2, -0.15) is 5.10 Å². The van der Waals surface area contributed by atoms with Crippen LogP contribution in [0.25, 0.3) is 0 Å². The fraction of sp³-hybridized carbons (Fsp3) is 0.667. The van der Waals surface area contributed by atoms with E-state index in [1.165, 1.54) is 5.69 Å². The Morgan fingerprint density at radius 1 is 1.54 bits per heavy atom. The second-order valence-corrected chi connectivity index (χ2v) is 4.19. The van der Waals surface area contributed by atoms with Crippen LogP contribution < -0.4 is 10.2 Å². The van der Waals surface area contributed by atoms with Crippen molar-refractivity contribution in [2.24, 2.45) is 0 Å². The molecule has 72 valence electrons. The molecule has 0 aliphatic carbocycles. The number of aromatic nitrogens is 2. The highest BCUT2D eigenvalue weighted by molar-refractivity contribution is 5.43. The standard InChI is InChI=1S/C9H16N4/c1-9(2)7-13(4-3-10-9)8-5-11-12-6-8/h5-6,10H,3-4,7H2,1-2H3,(H,11,12). The fourth-order valence-corrected chi connectivity index (χ4v) is 1.78. The van der Waals surface area contributed by atoms with Crippen molar-refractivity contribution >= 4 is 5.69 Å². The van der Waals surface area contributed by atoms with E-state index in [-0.39, 0.29) is 5.54 Å². The molecule has 0 saturated carbocycles.